The smallest absolute Gasteiger partial charge is 0.380 e. The van der Waals surface area contributed by atoms with Crippen molar-refractivity contribution in [3.05, 3.63) is 57.8 Å². The van der Waals surface area contributed by atoms with Crippen molar-refractivity contribution in [3.8, 4) is 0 Å². The summed E-state index contributed by atoms with van der Waals surface area (Å²) >= 11 is 0. The van der Waals surface area contributed by atoms with Crippen molar-refractivity contribution in [1.29, 1.82) is 0 Å². The Kier molecular flexibility index (Phi) is 9.53. The molecule has 38 heavy (non-hydrogen) atoms. The molecule has 0 aliphatic carbocycles. The molecule has 2 aliphatic heterocycles. The summed E-state index contributed by atoms with van der Waals surface area (Å²) in [4.78, 5) is 33.4. The van der Waals surface area contributed by atoms with Crippen molar-refractivity contribution in [2.24, 2.45) is 0 Å². The van der Waals surface area contributed by atoms with Gasteiger partial charge in [0.25, 0.3) is 5.69 Å². The van der Waals surface area contributed by atoms with Crippen molar-refractivity contribution in [3.63, 3.8) is 0 Å². The van der Waals surface area contributed by atoms with Crippen molar-refractivity contribution in [2.45, 2.75) is 45.8 Å². The number of amides is 1. The molecule has 12 heteroatoms. The first kappa shape index (κ1) is 29.2. The summed E-state index contributed by atoms with van der Waals surface area (Å²) in [5.41, 5.74) is -0.981. The highest BCUT2D eigenvalue weighted by Crippen LogP contribution is 2.37. The lowest BCUT2D eigenvalue weighted by Gasteiger charge is -2.35. The van der Waals surface area contributed by atoms with Crippen LogP contribution in [0.2, 0.25) is 0 Å². The van der Waals surface area contributed by atoms with Crippen molar-refractivity contribution in [2.75, 3.05) is 56.0 Å². The molecular weight excluding hydrogens is 501 g/mol. The highest BCUT2D eigenvalue weighted by molar-refractivity contribution is 5.76. The topological polar surface area (TPSA) is 94.8 Å². The molecule has 1 atom stereocenters. The number of nitro benzene ring substituents is 1. The number of nitro groups is 1. The van der Waals surface area contributed by atoms with E-state index in [9.17, 15) is 28.1 Å². The third-order valence-corrected chi connectivity index (χ3v) is 6.87. The first-order valence-electron chi connectivity index (χ1n) is 12.4. The first-order valence-corrected chi connectivity index (χ1v) is 12.4. The van der Waals surface area contributed by atoms with Crippen molar-refractivity contribution < 1.29 is 22.9 Å². The van der Waals surface area contributed by atoms with Crippen LogP contribution >= 0.6 is 0 Å². The van der Waals surface area contributed by atoms with E-state index in [1.807, 2.05) is 19.2 Å². The van der Waals surface area contributed by atoms with E-state index in [4.69, 9.17) is 0 Å². The van der Waals surface area contributed by atoms with Crippen LogP contribution in [0.15, 0.2) is 36.5 Å². The number of anilines is 2. The summed E-state index contributed by atoms with van der Waals surface area (Å²) in [5.74, 6) is 1.02. The van der Waals surface area contributed by atoms with Gasteiger partial charge in [0, 0.05) is 69.7 Å². The largest absolute Gasteiger partial charge is 0.423 e. The predicted octanol–water partition coefficient (Wildman–Crippen LogP) is 4.57. The van der Waals surface area contributed by atoms with Gasteiger partial charge in [0.15, 0.2) is 0 Å². The maximum Gasteiger partial charge on any atom is 0.423 e. The van der Waals surface area contributed by atoms with Crippen LogP contribution in [0.1, 0.15) is 37.8 Å². The normalized spacial score (nSPS) is 18.3. The molecule has 1 amide bonds. The second-order valence-electron chi connectivity index (χ2n) is 9.58. The summed E-state index contributed by atoms with van der Waals surface area (Å²) in [6.45, 7) is 7.37. The highest BCUT2D eigenvalue weighted by atomic mass is 19.4. The monoisotopic (exact) mass is 536 g/mol. The third-order valence-electron chi connectivity index (χ3n) is 6.87. The molecule has 4 rings (SSSR count). The van der Waals surface area contributed by atoms with Gasteiger partial charge in [0.05, 0.1) is 4.92 Å². The quantitative estimate of drug-likeness (QED) is 0.390. The van der Waals surface area contributed by atoms with Gasteiger partial charge >= 0.3 is 6.18 Å². The third kappa shape index (κ3) is 7.33. The van der Waals surface area contributed by atoms with Gasteiger partial charge in [-0.05, 0) is 50.1 Å². The van der Waals surface area contributed by atoms with Crippen LogP contribution in [-0.4, -0.2) is 77.5 Å². The molecule has 1 N–H and O–H groups in total. The van der Waals surface area contributed by atoms with Crippen LogP contribution in [0.3, 0.4) is 0 Å². The Hall–Kier alpha value is -3.41. The van der Waals surface area contributed by atoms with Gasteiger partial charge in [-0.15, -0.1) is 0 Å². The number of carbonyl (C=O) groups excluding carboxylic acids is 1. The molecule has 0 saturated carbocycles. The van der Waals surface area contributed by atoms with Crippen molar-refractivity contribution >= 4 is 23.1 Å². The van der Waals surface area contributed by atoms with Crippen LogP contribution in [0.25, 0.3) is 0 Å². The van der Waals surface area contributed by atoms with E-state index < -0.39 is 22.4 Å². The molecule has 0 unspecified atom stereocenters. The number of likely N-dealkylation sites (tertiary alicyclic amines) is 1. The molecule has 0 bridgehead atoms. The molecule has 2 saturated heterocycles. The number of piperazine rings is 1. The van der Waals surface area contributed by atoms with Crippen molar-refractivity contribution in [1.82, 2.24) is 14.8 Å². The lowest BCUT2D eigenvalue weighted by atomic mass is 10.1. The second-order valence-corrected chi connectivity index (χ2v) is 9.58. The fourth-order valence-electron chi connectivity index (χ4n) is 4.81. The second kappa shape index (κ2) is 12.4. The Balaban J connectivity index is 0.00000400. The average Bonchev–Trinajstić information content (AvgIpc) is 3.33. The van der Waals surface area contributed by atoms with Gasteiger partial charge in [-0.2, -0.15) is 13.2 Å². The van der Waals surface area contributed by atoms with E-state index in [0.29, 0.717) is 25.9 Å². The Labute approximate surface area is 220 Å². The number of aryl methyl sites for hydroxylation is 1. The maximum atomic E-state index is 13.2. The number of benzene rings is 1. The molecule has 208 valence electrons. The number of hydrogen-bond donors (Lipinski definition) is 1. The zero-order valence-corrected chi connectivity index (χ0v) is 20.7. The zero-order valence-electron chi connectivity index (χ0n) is 20.7. The van der Waals surface area contributed by atoms with Gasteiger partial charge < -0.3 is 15.1 Å². The number of aromatic nitrogens is 1. The highest BCUT2D eigenvalue weighted by Gasteiger charge is 2.38. The van der Waals surface area contributed by atoms with E-state index in [1.165, 1.54) is 6.07 Å². The lowest BCUT2D eigenvalue weighted by Crippen LogP contribution is -2.47. The molecule has 2 aromatic rings. The molecule has 0 spiro atoms. The zero-order chi connectivity index (χ0) is 26.6. The van der Waals surface area contributed by atoms with Crippen LogP contribution in [0, 0.1) is 17.0 Å². The van der Waals surface area contributed by atoms with E-state index in [0.717, 1.165) is 62.7 Å². The Morgan fingerprint density at radius 3 is 2.53 bits per heavy atom. The van der Waals surface area contributed by atoms with E-state index >= 15 is 0 Å². The Morgan fingerprint density at radius 2 is 1.89 bits per heavy atom. The van der Waals surface area contributed by atoms with E-state index in [2.05, 4.69) is 26.2 Å². The van der Waals surface area contributed by atoms with Crippen LogP contribution < -0.4 is 10.2 Å². The molecule has 9 nitrogen and oxygen atoms in total. The summed E-state index contributed by atoms with van der Waals surface area (Å²) in [6, 6.07) is 6.78. The van der Waals surface area contributed by atoms with Gasteiger partial charge in [0.1, 0.15) is 11.4 Å². The van der Waals surface area contributed by atoms with E-state index in [-0.39, 0.29) is 25.1 Å². The Morgan fingerprint density at radius 1 is 1.16 bits per heavy atom. The number of rotatable bonds is 8. The number of halogens is 3. The van der Waals surface area contributed by atoms with Crippen LogP contribution in [0.4, 0.5) is 30.4 Å². The minimum Gasteiger partial charge on any atom is -0.380 e. The maximum absolute atomic E-state index is 13.2. The summed E-state index contributed by atoms with van der Waals surface area (Å²) < 4.78 is 39.7. The summed E-state index contributed by atoms with van der Waals surface area (Å²) in [6.07, 6.45) is -1.20. The number of alkyl halides is 3. The predicted molar refractivity (Wildman–Crippen MR) is 140 cm³/mol. The minimum absolute atomic E-state index is 0. The lowest BCUT2D eigenvalue weighted by molar-refractivity contribution is -0.388. The molecule has 3 heterocycles. The van der Waals surface area contributed by atoms with Gasteiger partial charge in [-0.25, -0.2) is 4.98 Å². The Bertz CT molecular complexity index is 1100. The number of nitrogens with zero attached hydrogens (tertiary/aromatic N) is 5. The number of pyridine rings is 1. The number of carbonyl (C=O) groups is 1. The number of nitrogens with one attached hydrogen (secondary N) is 1. The molecular formula is C26H35F3N6O3. The van der Waals surface area contributed by atoms with Crippen LogP contribution in [0.5, 0.6) is 0 Å². The van der Waals surface area contributed by atoms with E-state index in [1.54, 1.807) is 4.90 Å². The fraction of sp³-hybridized carbons (Fsp3) is 0.538. The first-order chi connectivity index (χ1) is 17.6. The van der Waals surface area contributed by atoms with Gasteiger partial charge in [-0.3, -0.25) is 19.8 Å². The molecule has 1 aromatic carbocycles. The minimum atomic E-state index is -4.83. The average molecular weight is 537 g/mol. The molecule has 2 fully saturated rings. The standard InChI is InChI=1S/C25H31F3N6O3.CH4/c1-18-4-7-23(29-16-18)32-13-11-31(12-14-32)9-2-3-24(35)33-10-8-20(17-33)30-19-5-6-22(34(36)37)21(15-19)25(26,27)28;/h4-7,15-16,20,30H,2-3,8-14,17H2,1H3;1H4/t20-;/m1./s1. The SMILES string of the molecule is C.Cc1ccc(N2CCN(CCCC(=O)N3CC[C@@H](Nc4ccc([N+](=O)[O-])c(C(F)(F)F)c4)C3)CC2)nc1. The van der Waals surface area contributed by atoms with Gasteiger partial charge in [-0.1, -0.05) is 13.5 Å². The van der Waals surface area contributed by atoms with Gasteiger partial charge in [0.2, 0.25) is 5.91 Å². The fourth-order valence-corrected chi connectivity index (χ4v) is 4.81. The summed E-state index contributed by atoms with van der Waals surface area (Å²) in [7, 11) is 0. The number of hydrogen-bond acceptors (Lipinski definition) is 7. The summed E-state index contributed by atoms with van der Waals surface area (Å²) in [5, 5.41) is 13.9. The van der Waals surface area contributed by atoms with Crippen LogP contribution in [-0.2, 0) is 11.0 Å². The molecule has 1 aromatic heterocycles. The molecule has 2 aliphatic rings. The molecule has 0 radical (unpaired) electrons.